The lowest BCUT2D eigenvalue weighted by Gasteiger charge is -2.51. The lowest BCUT2D eigenvalue weighted by molar-refractivity contribution is 0.0473. The van der Waals surface area contributed by atoms with E-state index in [1.807, 2.05) is 11.0 Å². The zero-order chi connectivity index (χ0) is 21.7. The number of H-pyrrole nitrogens is 1. The van der Waals surface area contributed by atoms with Crippen LogP contribution in [0.5, 0.6) is 5.75 Å². The van der Waals surface area contributed by atoms with Gasteiger partial charge in [0.2, 0.25) is 0 Å². The van der Waals surface area contributed by atoms with E-state index in [4.69, 9.17) is 9.15 Å². The molecule has 1 amide bonds. The highest BCUT2D eigenvalue weighted by molar-refractivity contribution is 5.91. The van der Waals surface area contributed by atoms with Crippen LogP contribution in [0.4, 0.5) is 0 Å². The number of methoxy groups -OCH3 is 1. The van der Waals surface area contributed by atoms with Crippen molar-refractivity contribution in [2.75, 3.05) is 20.2 Å². The van der Waals surface area contributed by atoms with Gasteiger partial charge in [-0.25, -0.2) is 0 Å². The first-order valence-corrected chi connectivity index (χ1v) is 11.2. The summed E-state index contributed by atoms with van der Waals surface area (Å²) in [5.74, 6) is 1.60. The average Bonchev–Trinajstić information content (AvgIpc) is 3.50. The van der Waals surface area contributed by atoms with Crippen LogP contribution in [0, 0.1) is 5.92 Å². The standard InChI is InChI=1S/C27H26N2O3/c1-31-20-7-4-6-18(14-20)27-11-12-29(26(30)25-10-5-13-32-25)17-19(27)15-22-21-8-2-3-9-23(21)28-24(22)16-27/h2-10,13-14,19,28H,11-12,15-17H2,1H3. The van der Waals surface area contributed by atoms with E-state index in [-0.39, 0.29) is 11.3 Å². The van der Waals surface area contributed by atoms with Crippen molar-refractivity contribution >= 4 is 16.8 Å². The Kier molecular flexibility index (Phi) is 4.39. The number of amides is 1. The molecule has 6 rings (SSSR count). The number of piperidine rings is 1. The fourth-order valence-corrected chi connectivity index (χ4v) is 5.92. The number of hydrogen-bond donors (Lipinski definition) is 1. The van der Waals surface area contributed by atoms with Crippen LogP contribution in [0.1, 0.15) is 33.8 Å². The number of nitrogens with zero attached hydrogens (tertiary/aromatic N) is 1. The number of rotatable bonds is 3. The van der Waals surface area contributed by atoms with Crippen molar-refractivity contribution in [2.45, 2.75) is 24.7 Å². The fraction of sp³-hybridized carbons (Fsp3) is 0.296. The summed E-state index contributed by atoms with van der Waals surface area (Å²) in [6.45, 7) is 1.43. The van der Waals surface area contributed by atoms with Crippen LogP contribution in [0.15, 0.2) is 71.3 Å². The highest BCUT2D eigenvalue weighted by Gasteiger charge is 2.49. The molecule has 162 valence electrons. The van der Waals surface area contributed by atoms with Crippen molar-refractivity contribution in [1.82, 2.24) is 9.88 Å². The molecule has 3 heterocycles. The van der Waals surface area contributed by atoms with Gasteiger partial charge in [0.1, 0.15) is 5.75 Å². The summed E-state index contributed by atoms with van der Waals surface area (Å²) in [6.07, 6.45) is 4.36. The van der Waals surface area contributed by atoms with E-state index in [1.165, 1.54) is 27.7 Å². The van der Waals surface area contributed by atoms with Gasteiger partial charge in [0.25, 0.3) is 5.91 Å². The average molecular weight is 427 g/mol. The fourth-order valence-electron chi connectivity index (χ4n) is 5.92. The van der Waals surface area contributed by atoms with Crippen molar-refractivity contribution in [3.63, 3.8) is 0 Å². The number of carbonyl (C=O) groups is 1. The van der Waals surface area contributed by atoms with Crippen molar-refractivity contribution in [1.29, 1.82) is 0 Å². The summed E-state index contributed by atoms with van der Waals surface area (Å²) in [6, 6.07) is 20.6. The molecule has 2 aromatic carbocycles. The highest BCUT2D eigenvalue weighted by Crippen LogP contribution is 2.49. The smallest absolute Gasteiger partial charge is 0.289 e. The second-order valence-electron chi connectivity index (χ2n) is 9.07. The Hall–Kier alpha value is -3.47. The van der Waals surface area contributed by atoms with E-state index in [1.54, 1.807) is 25.5 Å². The van der Waals surface area contributed by atoms with E-state index in [9.17, 15) is 4.79 Å². The SMILES string of the molecule is COc1cccc(C23CCN(C(=O)c4ccco4)CC2Cc2c([nH]c4ccccc24)C3)c1. The second-order valence-corrected chi connectivity index (χ2v) is 9.07. The number of carbonyl (C=O) groups excluding carboxylic acids is 1. The molecule has 5 heteroatoms. The minimum Gasteiger partial charge on any atom is -0.497 e. The number of ether oxygens (including phenoxy) is 1. The minimum absolute atomic E-state index is 0.0148. The summed E-state index contributed by atoms with van der Waals surface area (Å²) in [5.41, 5.74) is 5.19. The van der Waals surface area contributed by atoms with Crippen molar-refractivity contribution < 1.29 is 13.9 Å². The van der Waals surface area contributed by atoms with Gasteiger partial charge in [0, 0.05) is 35.1 Å². The van der Waals surface area contributed by atoms with Crippen LogP contribution in [0.2, 0.25) is 0 Å². The number of benzene rings is 2. The number of furan rings is 1. The van der Waals surface area contributed by atoms with E-state index in [0.717, 1.165) is 31.6 Å². The number of aromatic nitrogens is 1. The van der Waals surface area contributed by atoms with Crippen molar-refractivity contribution in [3.8, 4) is 5.75 Å². The number of fused-ring (bicyclic) bond motifs is 4. The minimum atomic E-state index is -0.0393. The van der Waals surface area contributed by atoms with Crippen LogP contribution >= 0.6 is 0 Å². The predicted molar refractivity (Wildman–Crippen MR) is 123 cm³/mol. The molecule has 1 fully saturated rings. The Morgan fingerprint density at radius 2 is 2.06 bits per heavy atom. The van der Waals surface area contributed by atoms with Gasteiger partial charge in [0.15, 0.2) is 5.76 Å². The molecule has 2 atom stereocenters. The second kappa shape index (κ2) is 7.30. The molecule has 32 heavy (non-hydrogen) atoms. The van der Waals surface area contributed by atoms with Crippen LogP contribution in [0.3, 0.4) is 0 Å². The molecule has 2 aromatic heterocycles. The molecule has 1 aliphatic carbocycles. The van der Waals surface area contributed by atoms with Crippen LogP contribution in [0.25, 0.3) is 10.9 Å². The number of likely N-dealkylation sites (tertiary alicyclic amines) is 1. The maximum atomic E-state index is 13.1. The monoisotopic (exact) mass is 426 g/mol. The lowest BCUT2D eigenvalue weighted by Crippen LogP contribution is -2.55. The Morgan fingerprint density at radius 3 is 2.91 bits per heavy atom. The molecule has 2 unspecified atom stereocenters. The van der Waals surface area contributed by atoms with E-state index < -0.39 is 0 Å². The van der Waals surface area contributed by atoms with Gasteiger partial charge in [-0.15, -0.1) is 0 Å². The number of aromatic amines is 1. The molecular weight excluding hydrogens is 400 g/mol. The number of hydrogen-bond acceptors (Lipinski definition) is 3. The third-order valence-corrected chi connectivity index (χ3v) is 7.56. The maximum absolute atomic E-state index is 13.1. The van der Waals surface area contributed by atoms with Gasteiger partial charge in [0.05, 0.1) is 13.4 Å². The van der Waals surface area contributed by atoms with Crippen LogP contribution in [-0.2, 0) is 18.3 Å². The Morgan fingerprint density at radius 1 is 1.16 bits per heavy atom. The first kappa shape index (κ1) is 19.2. The topological polar surface area (TPSA) is 58.5 Å². The summed E-state index contributed by atoms with van der Waals surface area (Å²) in [5, 5.41) is 1.30. The molecule has 1 saturated heterocycles. The van der Waals surface area contributed by atoms with Gasteiger partial charge in [-0.1, -0.05) is 30.3 Å². The van der Waals surface area contributed by atoms with Gasteiger partial charge in [-0.3, -0.25) is 4.79 Å². The Bertz CT molecular complexity index is 1290. The first-order chi connectivity index (χ1) is 15.7. The summed E-state index contributed by atoms with van der Waals surface area (Å²) in [7, 11) is 1.72. The molecule has 0 bridgehead atoms. The Labute approximate surface area is 187 Å². The molecule has 0 spiro atoms. The highest BCUT2D eigenvalue weighted by atomic mass is 16.5. The quantitative estimate of drug-likeness (QED) is 0.503. The van der Waals surface area contributed by atoms with Crippen molar-refractivity contribution in [3.05, 3.63) is 89.5 Å². The van der Waals surface area contributed by atoms with E-state index >= 15 is 0 Å². The summed E-state index contributed by atoms with van der Waals surface area (Å²) in [4.78, 5) is 18.8. The third-order valence-electron chi connectivity index (χ3n) is 7.56. The molecule has 1 N–H and O–H groups in total. The van der Waals surface area contributed by atoms with Crippen LogP contribution in [-0.4, -0.2) is 36.0 Å². The normalized spacial score (nSPS) is 22.4. The molecule has 2 aliphatic rings. The Balaban J connectivity index is 1.44. The molecular formula is C27H26N2O3. The van der Waals surface area contributed by atoms with Gasteiger partial charge in [-0.2, -0.15) is 0 Å². The maximum Gasteiger partial charge on any atom is 0.289 e. The number of para-hydroxylation sites is 1. The summed E-state index contributed by atoms with van der Waals surface area (Å²) < 4.78 is 11.0. The van der Waals surface area contributed by atoms with Gasteiger partial charge >= 0.3 is 0 Å². The zero-order valence-electron chi connectivity index (χ0n) is 18.1. The van der Waals surface area contributed by atoms with E-state index in [0.29, 0.717) is 18.2 Å². The van der Waals surface area contributed by atoms with E-state index in [2.05, 4.69) is 47.4 Å². The molecule has 0 radical (unpaired) electrons. The molecule has 0 saturated carbocycles. The summed E-state index contributed by atoms with van der Waals surface area (Å²) >= 11 is 0. The predicted octanol–water partition coefficient (Wildman–Crippen LogP) is 4.97. The molecule has 4 aromatic rings. The van der Waals surface area contributed by atoms with Crippen molar-refractivity contribution in [2.24, 2.45) is 5.92 Å². The van der Waals surface area contributed by atoms with Crippen LogP contribution < -0.4 is 4.74 Å². The molecule has 1 aliphatic heterocycles. The largest absolute Gasteiger partial charge is 0.497 e. The number of nitrogens with one attached hydrogen (secondary N) is 1. The zero-order valence-corrected chi connectivity index (χ0v) is 18.1. The van der Waals surface area contributed by atoms with Gasteiger partial charge < -0.3 is 19.0 Å². The molecule has 5 nitrogen and oxygen atoms in total. The van der Waals surface area contributed by atoms with Gasteiger partial charge in [-0.05, 0) is 66.6 Å². The third kappa shape index (κ3) is 2.88. The first-order valence-electron chi connectivity index (χ1n) is 11.2. The lowest BCUT2D eigenvalue weighted by atomic mass is 9.58.